The predicted octanol–water partition coefficient (Wildman–Crippen LogP) is 5.08. The average Bonchev–Trinajstić information content (AvgIpc) is 3.42. The average molecular weight is 531 g/mol. The molecule has 0 unspecified atom stereocenters. The van der Waals surface area contributed by atoms with Gasteiger partial charge in [-0.25, -0.2) is 13.4 Å². The molecule has 0 saturated carbocycles. The fourth-order valence-corrected chi connectivity index (χ4v) is 6.27. The lowest BCUT2D eigenvalue weighted by molar-refractivity contribution is 0.310. The molecule has 38 heavy (non-hydrogen) atoms. The quantitative estimate of drug-likeness (QED) is 0.340. The molecular weight excluding hydrogens is 496 g/mol. The van der Waals surface area contributed by atoms with Gasteiger partial charge >= 0.3 is 0 Å². The van der Waals surface area contributed by atoms with Crippen LogP contribution in [-0.4, -0.2) is 66.0 Å². The summed E-state index contributed by atoms with van der Waals surface area (Å²) in [7, 11) is -1.91. The Labute approximate surface area is 224 Å². The van der Waals surface area contributed by atoms with Crippen molar-refractivity contribution in [2.45, 2.75) is 38.5 Å². The van der Waals surface area contributed by atoms with Crippen molar-refractivity contribution in [2.75, 3.05) is 38.5 Å². The number of likely N-dealkylation sites (tertiary alicyclic amines) is 1. The van der Waals surface area contributed by atoms with Crippen LogP contribution in [-0.2, 0) is 10.0 Å². The van der Waals surface area contributed by atoms with Crippen molar-refractivity contribution in [3.63, 3.8) is 0 Å². The Hall–Kier alpha value is -3.40. The fourth-order valence-electron chi connectivity index (χ4n) is 5.11. The first-order chi connectivity index (χ1) is 18.2. The summed E-state index contributed by atoms with van der Waals surface area (Å²) in [6.45, 7) is 9.58. The molecule has 1 N–H and O–H groups in total. The molecular formula is C29H34N6O2S. The number of aromatic nitrogens is 3. The lowest BCUT2D eigenvalue weighted by atomic mass is 9.94. The van der Waals surface area contributed by atoms with E-state index in [1.54, 1.807) is 31.3 Å². The highest BCUT2D eigenvalue weighted by Crippen LogP contribution is 2.31. The molecule has 8 nitrogen and oxygen atoms in total. The van der Waals surface area contributed by atoms with Crippen LogP contribution < -0.4 is 5.32 Å². The van der Waals surface area contributed by atoms with Crippen LogP contribution in [0.2, 0.25) is 0 Å². The van der Waals surface area contributed by atoms with E-state index in [0.29, 0.717) is 18.2 Å². The third kappa shape index (κ3) is 5.41. The number of fused-ring (bicyclic) bond motifs is 1. The maximum absolute atomic E-state index is 13.0. The van der Waals surface area contributed by atoms with Crippen LogP contribution in [0.1, 0.15) is 29.5 Å². The molecule has 9 heteroatoms. The van der Waals surface area contributed by atoms with Gasteiger partial charge in [-0.1, -0.05) is 18.2 Å². The summed E-state index contributed by atoms with van der Waals surface area (Å²) in [5.41, 5.74) is 7.94. The van der Waals surface area contributed by atoms with E-state index in [-0.39, 0.29) is 4.90 Å². The van der Waals surface area contributed by atoms with E-state index in [4.69, 9.17) is 4.98 Å². The molecule has 1 aliphatic heterocycles. The Morgan fingerprint density at radius 3 is 2.29 bits per heavy atom. The van der Waals surface area contributed by atoms with Crippen molar-refractivity contribution in [2.24, 2.45) is 0 Å². The van der Waals surface area contributed by atoms with Gasteiger partial charge in [-0.05, 0) is 111 Å². The summed E-state index contributed by atoms with van der Waals surface area (Å²) in [5, 5.41) is 11.9. The fraction of sp³-hybridized carbons (Fsp3) is 0.345. The summed E-state index contributed by atoms with van der Waals surface area (Å²) in [6.07, 6.45) is 2.38. The maximum Gasteiger partial charge on any atom is 0.247 e. The zero-order chi connectivity index (χ0) is 26.9. The molecule has 0 spiro atoms. The highest BCUT2D eigenvalue weighted by atomic mass is 32.2. The number of anilines is 2. The maximum atomic E-state index is 13.0. The van der Waals surface area contributed by atoms with E-state index in [0.717, 1.165) is 41.8 Å². The Balaban J connectivity index is 1.32. The number of aryl methyl sites for hydroxylation is 3. The van der Waals surface area contributed by atoms with Gasteiger partial charge in [-0.15, -0.1) is 10.2 Å². The molecule has 0 bridgehead atoms. The van der Waals surface area contributed by atoms with E-state index in [2.05, 4.69) is 58.5 Å². The number of sulfonamides is 1. The monoisotopic (exact) mass is 530 g/mol. The van der Waals surface area contributed by atoms with Gasteiger partial charge in [-0.3, -0.25) is 0 Å². The number of nitrogens with one attached hydrogen (secondary N) is 1. The summed E-state index contributed by atoms with van der Waals surface area (Å²) in [6, 6.07) is 17.1. The van der Waals surface area contributed by atoms with Gasteiger partial charge in [0, 0.05) is 25.8 Å². The summed E-state index contributed by atoms with van der Waals surface area (Å²) >= 11 is 0. The zero-order valence-electron chi connectivity index (χ0n) is 22.4. The van der Waals surface area contributed by atoms with Crippen LogP contribution in [0.5, 0.6) is 0 Å². The number of nitrogens with zero attached hydrogens (tertiary/aromatic N) is 5. The number of likely N-dealkylation sites (N-methyl/N-ethyl adjacent to an activating group) is 1. The molecule has 1 aliphatic rings. The number of hydrogen-bond acceptors (Lipinski definition) is 7. The third-order valence-electron chi connectivity index (χ3n) is 7.27. The smallest absolute Gasteiger partial charge is 0.247 e. The van der Waals surface area contributed by atoms with Gasteiger partial charge in [0.05, 0.1) is 10.4 Å². The molecule has 0 radical (unpaired) electrons. The second kappa shape index (κ2) is 10.8. The van der Waals surface area contributed by atoms with Crippen molar-refractivity contribution in [1.82, 2.24) is 24.4 Å². The minimum Gasteiger partial charge on any atom is -0.323 e. The Morgan fingerprint density at radius 1 is 0.921 bits per heavy atom. The third-order valence-corrected chi connectivity index (χ3v) is 9.14. The molecule has 2 heterocycles. The molecule has 198 valence electrons. The van der Waals surface area contributed by atoms with Gasteiger partial charge < -0.3 is 10.2 Å². The number of hydrogen-bond donors (Lipinski definition) is 1. The molecule has 1 saturated heterocycles. The van der Waals surface area contributed by atoms with Crippen molar-refractivity contribution < 1.29 is 8.42 Å². The van der Waals surface area contributed by atoms with E-state index < -0.39 is 10.0 Å². The van der Waals surface area contributed by atoms with Crippen LogP contribution in [0.15, 0.2) is 59.5 Å². The lowest BCUT2D eigenvalue weighted by Crippen LogP contribution is -2.35. The minimum atomic E-state index is -3.55. The van der Waals surface area contributed by atoms with Crippen molar-refractivity contribution >= 4 is 32.7 Å². The van der Waals surface area contributed by atoms with Crippen LogP contribution >= 0.6 is 0 Å². The minimum absolute atomic E-state index is 0.263. The van der Waals surface area contributed by atoms with Gasteiger partial charge in [0.25, 0.3) is 0 Å². The standard InChI is InChI=1S/C29H34N6O2S/c1-20-8-7-9-21(2)27(20)23-18-22(3)28-26(19-23)32-33-29(31-28)30-24-10-12-25(13-11-24)38(36,37)34(4)16-17-35-14-5-6-15-35/h7-13,18-19H,5-6,14-17H2,1-4H3,(H,30,31,33). The number of rotatable bonds is 8. The summed E-state index contributed by atoms with van der Waals surface area (Å²) < 4.78 is 27.5. The SMILES string of the molecule is Cc1cccc(C)c1-c1cc(C)c2nc(Nc3ccc(S(=O)(=O)N(C)CCN4CCCC4)cc3)nnc2c1. The van der Waals surface area contributed by atoms with Crippen molar-refractivity contribution in [3.05, 3.63) is 71.3 Å². The first-order valence-corrected chi connectivity index (χ1v) is 14.4. The highest BCUT2D eigenvalue weighted by molar-refractivity contribution is 7.89. The van der Waals surface area contributed by atoms with Crippen LogP contribution in [0.3, 0.4) is 0 Å². The number of benzene rings is 3. The van der Waals surface area contributed by atoms with E-state index >= 15 is 0 Å². The molecule has 3 aromatic carbocycles. The molecule has 0 aliphatic carbocycles. The van der Waals surface area contributed by atoms with E-state index in [1.165, 1.54) is 33.8 Å². The highest BCUT2D eigenvalue weighted by Gasteiger charge is 2.22. The van der Waals surface area contributed by atoms with Crippen molar-refractivity contribution in [1.29, 1.82) is 0 Å². The molecule has 4 aromatic rings. The Bertz CT molecular complexity index is 1540. The molecule has 0 atom stereocenters. The topological polar surface area (TPSA) is 91.3 Å². The van der Waals surface area contributed by atoms with Crippen LogP contribution in [0.25, 0.3) is 22.2 Å². The molecule has 0 amide bonds. The second-order valence-corrected chi connectivity index (χ2v) is 12.1. The van der Waals surface area contributed by atoms with Gasteiger partial charge in [-0.2, -0.15) is 4.31 Å². The van der Waals surface area contributed by atoms with Crippen molar-refractivity contribution in [3.8, 4) is 11.1 Å². The summed E-state index contributed by atoms with van der Waals surface area (Å²) in [4.78, 5) is 7.27. The predicted molar refractivity (Wildman–Crippen MR) is 152 cm³/mol. The Morgan fingerprint density at radius 2 is 1.61 bits per heavy atom. The van der Waals surface area contributed by atoms with Gasteiger partial charge in [0.15, 0.2) is 0 Å². The lowest BCUT2D eigenvalue weighted by Gasteiger charge is -2.21. The van der Waals surface area contributed by atoms with E-state index in [9.17, 15) is 8.42 Å². The Kier molecular flexibility index (Phi) is 7.43. The van der Waals surface area contributed by atoms with Gasteiger partial charge in [0.1, 0.15) is 5.52 Å². The summed E-state index contributed by atoms with van der Waals surface area (Å²) in [5.74, 6) is 0.360. The van der Waals surface area contributed by atoms with Crippen LogP contribution in [0.4, 0.5) is 11.6 Å². The molecule has 5 rings (SSSR count). The first kappa shape index (κ1) is 26.2. The zero-order valence-corrected chi connectivity index (χ0v) is 23.2. The normalized spacial score (nSPS) is 14.4. The van der Waals surface area contributed by atoms with Crippen LogP contribution in [0, 0.1) is 20.8 Å². The van der Waals surface area contributed by atoms with E-state index in [1.807, 2.05) is 13.0 Å². The molecule has 1 aromatic heterocycles. The largest absolute Gasteiger partial charge is 0.323 e. The first-order valence-electron chi connectivity index (χ1n) is 13.0. The van der Waals surface area contributed by atoms with Gasteiger partial charge in [0.2, 0.25) is 16.0 Å². The second-order valence-electron chi connectivity index (χ2n) is 10.1. The molecule has 1 fully saturated rings.